The van der Waals surface area contributed by atoms with Gasteiger partial charge in [0, 0.05) is 49.5 Å². The van der Waals surface area contributed by atoms with Crippen LogP contribution in [0.1, 0.15) is 0 Å². The summed E-state index contributed by atoms with van der Waals surface area (Å²) < 4.78 is 1.07. The molecule has 16 rings (SSSR count). The third kappa shape index (κ3) is 8.91. The van der Waals surface area contributed by atoms with E-state index >= 15 is 0 Å². The fraction of sp³-hybridized carbons (Fsp3) is 0. The van der Waals surface area contributed by atoms with E-state index in [4.69, 9.17) is 9.97 Å². The number of nitrogens with zero attached hydrogens (tertiary/aromatic N) is 4. The Hall–Kier alpha value is -9.70. The maximum Gasteiger partial charge on any atom is 0.488 e. The summed E-state index contributed by atoms with van der Waals surface area (Å²) >= 11 is 3.46. The summed E-state index contributed by atoms with van der Waals surface area (Å²) in [6.07, 6.45) is 3.65. The first-order valence-electron chi connectivity index (χ1n) is 26.6. The Morgan fingerprint density at radius 3 is 1.05 bits per heavy atom. The van der Waals surface area contributed by atoms with Gasteiger partial charge in [-0.3, -0.25) is 9.97 Å². The van der Waals surface area contributed by atoms with Gasteiger partial charge in [-0.05, 0) is 124 Å². The summed E-state index contributed by atoms with van der Waals surface area (Å²) in [5.41, 5.74) is 10.8. The Bertz CT molecular complexity index is 5000. The lowest BCUT2D eigenvalue weighted by molar-refractivity contribution is 0.426. The predicted octanol–water partition coefficient (Wildman–Crippen LogP) is 17.6. The average molecular weight is 1090 g/mol. The maximum atomic E-state index is 9.42. The molecule has 80 heavy (non-hydrogen) atoms. The molecule has 0 aliphatic rings. The molecule has 16 aromatic rings. The molecule has 376 valence electrons. The second-order valence-electron chi connectivity index (χ2n) is 20.0. The van der Waals surface area contributed by atoms with Crippen LogP contribution in [0.3, 0.4) is 0 Å². The summed E-state index contributed by atoms with van der Waals surface area (Å²) in [6.45, 7) is 0. The fourth-order valence-corrected chi connectivity index (χ4v) is 11.7. The van der Waals surface area contributed by atoms with Crippen molar-refractivity contribution in [1.29, 1.82) is 0 Å². The van der Waals surface area contributed by atoms with Gasteiger partial charge in [0.25, 0.3) is 0 Å². The van der Waals surface area contributed by atoms with Gasteiger partial charge in [-0.2, -0.15) is 0 Å². The average Bonchev–Trinajstić information content (AvgIpc) is 3.57. The van der Waals surface area contributed by atoms with Gasteiger partial charge < -0.3 is 10.0 Å². The van der Waals surface area contributed by atoms with Crippen molar-refractivity contribution in [1.82, 2.24) is 19.9 Å². The molecule has 0 atom stereocenters. The maximum absolute atomic E-state index is 9.42. The third-order valence-electron chi connectivity index (χ3n) is 15.3. The number of rotatable bonds is 4. The highest BCUT2D eigenvalue weighted by molar-refractivity contribution is 9.10. The Morgan fingerprint density at radius 2 is 0.613 bits per heavy atom. The van der Waals surface area contributed by atoms with E-state index in [1.807, 2.05) is 73.1 Å². The molecule has 8 heteroatoms. The molecule has 2 N–H and O–H groups in total. The second-order valence-corrected chi connectivity index (χ2v) is 20.9. The Morgan fingerprint density at radius 1 is 0.275 bits per heavy atom. The predicted molar refractivity (Wildman–Crippen MR) is 339 cm³/mol. The molecular formula is C72H46BBrN4O2. The molecule has 0 saturated heterocycles. The number of halogens is 1. The zero-order chi connectivity index (χ0) is 53.7. The van der Waals surface area contributed by atoms with Gasteiger partial charge in [0.2, 0.25) is 0 Å². The minimum absolute atomic E-state index is 0.517. The molecule has 0 amide bonds. The molecule has 0 unspecified atom stereocenters. The van der Waals surface area contributed by atoms with Crippen LogP contribution in [-0.4, -0.2) is 37.1 Å². The summed E-state index contributed by atoms with van der Waals surface area (Å²) in [4.78, 5) is 18.9. The molecule has 0 spiro atoms. The van der Waals surface area contributed by atoms with E-state index in [1.165, 1.54) is 59.6 Å². The van der Waals surface area contributed by atoms with Crippen LogP contribution in [0.5, 0.6) is 0 Å². The van der Waals surface area contributed by atoms with Crippen molar-refractivity contribution in [2.24, 2.45) is 0 Å². The molecule has 4 heterocycles. The Labute approximate surface area is 469 Å². The number of aromatic nitrogens is 4. The van der Waals surface area contributed by atoms with E-state index < -0.39 is 7.12 Å². The van der Waals surface area contributed by atoms with Gasteiger partial charge in [-0.1, -0.05) is 228 Å². The van der Waals surface area contributed by atoms with Gasteiger partial charge in [-0.25, -0.2) is 9.97 Å². The van der Waals surface area contributed by atoms with Crippen LogP contribution in [0, 0.1) is 0 Å². The molecule has 6 nitrogen and oxygen atoms in total. The fourth-order valence-electron chi connectivity index (χ4n) is 11.4. The van der Waals surface area contributed by atoms with Crippen LogP contribution in [-0.2, 0) is 0 Å². The zero-order valence-electron chi connectivity index (χ0n) is 43.0. The molecule has 0 aliphatic carbocycles. The Balaban J connectivity index is 0.000000117. The number of hydrogen-bond donors (Lipinski definition) is 2. The van der Waals surface area contributed by atoms with Gasteiger partial charge in [-0.15, -0.1) is 0 Å². The minimum atomic E-state index is -1.44. The number of fused-ring (bicyclic) bond motifs is 18. The standard InChI is InChI=1S/C36H22N2.C18H13BO2.C18H11BrN2/c1-2-9-30-28(7-1)29-8-3-4-10-31(29)33-22-27(17-19-32(30)33)23-11-13-24(14-12-23)34-20-18-26-16-15-25-6-5-21-37-35(25)36(26)38-34;20-19(21)12-9-10-17-15-7-2-1-5-13(15)14-6-3-4-8-16(14)18(17)11-12;19-15-8-5-12(6-9-15)16-10-7-14-4-3-13-2-1-11-20-17(13)18(14)21-16/h1-22H;1-11,20-21H;1-11H. The highest BCUT2D eigenvalue weighted by Crippen LogP contribution is 2.39. The van der Waals surface area contributed by atoms with E-state index in [0.29, 0.717) is 5.46 Å². The first-order valence-corrected chi connectivity index (χ1v) is 27.4. The number of pyridine rings is 4. The molecule has 4 aromatic heterocycles. The number of benzene rings is 12. The summed E-state index contributed by atoms with van der Waals surface area (Å²) in [5.74, 6) is 0. The van der Waals surface area contributed by atoms with Crippen molar-refractivity contribution < 1.29 is 10.0 Å². The first kappa shape index (κ1) is 48.7. The van der Waals surface area contributed by atoms with Crippen molar-refractivity contribution >= 4 is 137 Å². The van der Waals surface area contributed by atoms with E-state index in [9.17, 15) is 10.0 Å². The van der Waals surface area contributed by atoms with Crippen molar-refractivity contribution in [2.75, 3.05) is 0 Å². The van der Waals surface area contributed by atoms with Crippen LogP contribution >= 0.6 is 15.9 Å². The molecular weight excluding hydrogens is 1040 g/mol. The third-order valence-corrected chi connectivity index (χ3v) is 15.9. The van der Waals surface area contributed by atoms with Gasteiger partial charge in [0.1, 0.15) is 0 Å². The van der Waals surface area contributed by atoms with Gasteiger partial charge in [0.15, 0.2) is 0 Å². The summed E-state index contributed by atoms with van der Waals surface area (Å²) in [6, 6.07) is 88.3. The van der Waals surface area contributed by atoms with E-state index in [2.05, 4.69) is 214 Å². The van der Waals surface area contributed by atoms with Crippen molar-refractivity contribution in [3.05, 3.63) is 272 Å². The van der Waals surface area contributed by atoms with Crippen LogP contribution < -0.4 is 5.46 Å². The van der Waals surface area contributed by atoms with Crippen LogP contribution in [0.2, 0.25) is 0 Å². The SMILES string of the molecule is Brc1ccc(-c2ccc3ccc4cccnc4c3n2)cc1.OB(O)c1ccc2c3ccccc3c3ccccc3c2c1.c1cnc2c(c1)ccc1ccc(-c3ccc(-c4ccc5c6ccccc6c6ccccc6c5c4)cc3)nc12. The largest absolute Gasteiger partial charge is 0.488 e. The Kier molecular flexibility index (Phi) is 12.5. The second kappa shape index (κ2) is 20.6. The monoisotopic (exact) mass is 1090 g/mol. The smallest absolute Gasteiger partial charge is 0.423 e. The minimum Gasteiger partial charge on any atom is -0.423 e. The molecule has 0 aliphatic heterocycles. The van der Waals surface area contributed by atoms with E-state index in [0.717, 1.165) is 86.8 Å². The van der Waals surface area contributed by atoms with Crippen molar-refractivity contribution in [3.8, 4) is 33.6 Å². The molecule has 0 radical (unpaired) electrons. The molecule has 0 fully saturated rings. The van der Waals surface area contributed by atoms with E-state index in [-0.39, 0.29) is 0 Å². The molecule has 0 saturated carbocycles. The lowest BCUT2D eigenvalue weighted by Crippen LogP contribution is -2.29. The summed E-state index contributed by atoms with van der Waals surface area (Å²) in [7, 11) is -1.44. The lowest BCUT2D eigenvalue weighted by atomic mass is 9.78. The van der Waals surface area contributed by atoms with Gasteiger partial charge in [0.05, 0.1) is 33.5 Å². The normalized spacial score (nSPS) is 11.4. The van der Waals surface area contributed by atoms with Gasteiger partial charge >= 0.3 is 7.12 Å². The zero-order valence-corrected chi connectivity index (χ0v) is 44.6. The van der Waals surface area contributed by atoms with E-state index in [1.54, 1.807) is 6.07 Å². The van der Waals surface area contributed by atoms with Crippen LogP contribution in [0.4, 0.5) is 0 Å². The highest BCUT2D eigenvalue weighted by atomic mass is 79.9. The molecule has 12 aromatic carbocycles. The highest BCUT2D eigenvalue weighted by Gasteiger charge is 2.15. The van der Waals surface area contributed by atoms with Crippen molar-refractivity contribution in [3.63, 3.8) is 0 Å². The molecule has 0 bridgehead atoms. The quantitative estimate of drug-likeness (QED) is 0.135. The summed E-state index contributed by atoms with van der Waals surface area (Å²) in [5, 5.41) is 38.0. The first-order chi connectivity index (χ1) is 39.4. The van der Waals surface area contributed by atoms with Crippen LogP contribution in [0.25, 0.3) is 142 Å². The topological polar surface area (TPSA) is 92.0 Å². The lowest BCUT2D eigenvalue weighted by Gasteiger charge is -2.12. The number of hydrogen-bond acceptors (Lipinski definition) is 6. The van der Waals surface area contributed by atoms with Crippen LogP contribution in [0.15, 0.2) is 272 Å². The van der Waals surface area contributed by atoms with Crippen molar-refractivity contribution in [2.45, 2.75) is 0 Å².